The van der Waals surface area contributed by atoms with E-state index in [1.807, 2.05) is 24.4 Å². The molecule has 9 heteroatoms. The summed E-state index contributed by atoms with van der Waals surface area (Å²) in [4.78, 5) is 13.5. The molecule has 1 aromatic heterocycles. The lowest BCUT2D eigenvalue weighted by molar-refractivity contribution is -0.115. The van der Waals surface area contributed by atoms with Gasteiger partial charge in [0.25, 0.3) is 0 Å². The van der Waals surface area contributed by atoms with Crippen LogP contribution in [-0.4, -0.2) is 46.4 Å². The third-order valence-electron chi connectivity index (χ3n) is 3.76. The summed E-state index contributed by atoms with van der Waals surface area (Å²) in [5.41, 5.74) is 0.311. The largest absolute Gasteiger partial charge is 0.495 e. The fraction of sp³-hybridized carbons (Fsp3) is 0.353. The average Bonchev–Trinajstić information content (AvgIpc) is 3.14. The molecule has 0 bridgehead atoms. The van der Waals surface area contributed by atoms with Gasteiger partial charge in [0.05, 0.1) is 24.2 Å². The summed E-state index contributed by atoms with van der Waals surface area (Å²) in [5, 5.41) is 7.83. The van der Waals surface area contributed by atoms with E-state index in [2.05, 4.69) is 10.6 Å². The van der Waals surface area contributed by atoms with E-state index >= 15 is 0 Å². The van der Waals surface area contributed by atoms with Crippen molar-refractivity contribution < 1.29 is 17.9 Å². The number of nitrogens with zero attached hydrogens (tertiary/aromatic N) is 1. The minimum atomic E-state index is -3.60. The van der Waals surface area contributed by atoms with E-state index in [9.17, 15) is 13.2 Å². The Hall–Kier alpha value is -1.94. The Balaban J connectivity index is 2.10. The lowest BCUT2D eigenvalue weighted by Gasteiger charge is -2.16. The van der Waals surface area contributed by atoms with Crippen LogP contribution in [0, 0.1) is 0 Å². The van der Waals surface area contributed by atoms with Crippen molar-refractivity contribution in [3.05, 3.63) is 40.6 Å². The molecule has 0 aliphatic carbocycles. The highest BCUT2D eigenvalue weighted by Crippen LogP contribution is 2.28. The van der Waals surface area contributed by atoms with Crippen LogP contribution in [-0.2, 0) is 14.8 Å². The summed E-state index contributed by atoms with van der Waals surface area (Å²) in [7, 11) is 0.761. The van der Waals surface area contributed by atoms with Crippen molar-refractivity contribution in [3.63, 3.8) is 0 Å². The topological polar surface area (TPSA) is 87.7 Å². The molecule has 7 nitrogen and oxygen atoms in total. The highest BCUT2D eigenvalue weighted by Gasteiger charge is 2.20. The van der Waals surface area contributed by atoms with Crippen molar-refractivity contribution in [3.8, 4) is 5.75 Å². The molecule has 0 saturated carbocycles. The van der Waals surface area contributed by atoms with Crippen molar-refractivity contribution in [1.29, 1.82) is 0 Å². The van der Waals surface area contributed by atoms with Gasteiger partial charge < -0.3 is 15.4 Å². The second-order valence-corrected chi connectivity index (χ2v) is 8.95. The molecular formula is C17H23N3O4S2. The van der Waals surface area contributed by atoms with Gasteiger partial charge in [-0.05, 0) is 36.6 Å². The van der Waals surface area contributed by atoms with E-state index in [4.69, 9.17) is 4.74 Å². The summed E-state index contributed by atoms with van der Waals surface area (Å²) in [6.07, 6.45) is 0. The van der Waals surface area contributed by atoms with Gasteiger partial charge in [0.15, 0.2) is 0 Å². The zero-order chi connectivity index (χ0) is 19.3. The van der Waals surface area contributed by atoms with Crippen LogP contribution in [0.2, 0.25) is 0 Å². The van der Waals surface area contributed by atoms with Gasteiger partial charge in [-0.25, -0.2) is 12.7 Å². The molecule has 1 heterocycles. The number of amides is 1. The summed E-state index contributed by atoms with van der Waals surface area (Å²) < 4.78 is 30.9. The number of hydrogen-bond acceptors (Lipinski definition) is 6. The number of nitrogens with one attached hydrogen (secondary N) is 2. The number of thiophene rings is 1. The number of benzene rings is 1. The summed E-state index contributed by atoms with van der Waals surface area (Å²) in [5.74, 6) is 0.105. The van der Waals surface area contributed by atoms with Crippen molar-refractivity contribution in [1.82, 2.24) is 9.62 Å². The maximum Gasteiger partial charge on any atom is 0.242 e. The molecule has 0 aliphatic heterocycles. The van der Waals surface area contributed by atoms with Crippen LogP contribution in [0.5, 0.6) is 5.75 Å². The Kier molecular flexibility index (Phi) is 6.76. The SMILES string of the molecule is COc1ccc(S(=O)(=O)N(C)C)cc1NC(=O)CN[C@@H](C)c1cccs1. The van der Waals surface area contributed by atoms with Gasteiger partial charge in [-0.2, -0.15) is 0 Å². The molecule has 0 unspecified atom stereocenters. The first-order valence-corrected chi connectivity index (χ1v) is 10.2. The normalized spacial score (nSPS) is 12.8. The summed E-state index contributed by atoms with van der Waals surface area (Å²) in [6.45, 7) is 2.07. The highest BCUT2D eigenvalue weighted by atomic mass is 32.2. The van der Waals surface area contributed by atoms with Gasteiger partial charge in [-0.3, -0.25) is 4.79 Å². The molecule has 142 valence electrons. The number of sulfonamides is 1. The van der Waals surface area contributed by atoms with Gasteiger partial charge >= 0.3 is 0 Å². The molecule has 1 amide bonds. The van der Waals surface area contributed by atoms with Gasteiger partial charge in [-0.15, -0.1) is 11.3 Å². The van der Waals surface area contributed by atoms with E-state index in [0.29, 0.717) is 11.4 Å². The molecule has 2 N–H and O–H groups in total. The van der Waals surface area contributed by atoms with Crippen LogP contribution in [0.25, 0.3) is 0 Å². The van der Waals surface area contributed by atoms with Crippen molar-refractivity contribution in [2.24, 2.45) is 0 Å². The predicted octanol–water partition coefficient (Wildman–Crippen LogP) is 2.30. The lowest BCUT2D eigenvalue weighted by Crippen LogP contribution is -2.30. The molecule has 0 radical (unpaired) electrons. The molecule has 0 spiro atoms. The van der Waals surface area contributed by atoms with E-state index in [1.165, 1.54) is 39.4 Å². The van der Waals surface area contributed by atoms with Crippen molar-refractivity contribution in [2.45, 2.75) is 17.9 Å². The minimum absolute atomic E-state index is 0.0445. The Bertz CT molecular complexity index is 849. The predicted molar refractivity (Wildman–Crippen MR) is 103 cm³/mol. The van der Waals surface area contributed by atoms with Crippen LogP contribution in [0.4, 0.5) is 5.69 Å². The lowest BCUT2D eigenvalue weighted by atomic mass is 10.2. The van der Waals surface area contributed by atoms with Crippen LogP contribution < -0.4 is 15.4 Å². The fourth-order valence-electron chi connectivity index (χ4n) is 2.23. The Morgan fingerprint density at radius 2 is 2.04 bits per heavy atom. The molecule has 0 fully saturated rings. The van der Waals surface area contributed by atoms with E-state index in [0.717, 1.165) is 9.18 Å². The number of carbonyl (C=O) groups excluding carboxylic acids is 1. The average molecular weight is 398 g/mol. The fourth-order valence-corrected chi connectivity index (χ4v) is 3.92. The second-order valence-electron chi connectivity index (χ2n) is 5.82. The number of ether oxygens (including phenoxy) is 1. The van der Waals surface area contributed by atoms with Crippen LogP contribution in [0.1, 0.15) is 17.8 Å². The smallest absolute Gasteiger partial charge is 0.242 e. The molecule has 1 aromatic carbocycles. The number of methoxy groups -OCH3 is 1. The maximum absolute atomic E-state index is 12.3. The van der Waals surface area contributed by atoms with Crippen LogP contribution in [0.15, 0.2) is 40.6 Å². The molecule has 1 atom stereocenters. The van der Waals surface area contributed by atoms with Gasteiger partial charge in [0.2, 0.25) is 15.9 Å². The zero-order valence-corrected chi connectivity index (χ0v) is 16.8. The molecular weight excluding hydrogens is 374 g/mol. The summed E-state index contributed by atoms with van der Waals surface area (Å²) >= 11 is 1.61. The summed E-state index contributed by atoms with van der Waals surface area (Å²) in [6, 6.07) is 8.37. The third-order valence-corrected chi connectivity index (χ3v) is 6.63. The van der Waals surface area contributed by atoms with Gasteiger partial charge in [0, 0.05) is 25.0 Å². The molecule has 2 rings (SSSR count). The first-order valence-electron chi connectivity index (χ1n) is 7.93. The van der Waals surface area contributed by atoms with E-state index in [-0.39, 0.29) is 23.4 Å². The minimum Gasteiger partial charge on any atom is -0.495 e. The molecule has 26 heavy (non-hydrogen) atoms. The zero-order valence-electron chi connectivity index (χ0n) is 15.1. The number of carbonyl (C=O) groups is 1. The molecule has 0 saturated heterocycles. The van der Waals surface area contributed by atoms with Crippen molar-refractivity contribution in [2.75, 3.05) is 33.1 Å². The van der Waals surface area contributed by atoms with Gasteiger partial charge in [0.1, 0.15) is 5.75 Å². The Morgan fingerprint density at radius 3 is 2.62 bits per heavy atom. The Morgan fingerprint density at radius 1 is 1.31 bits per heavy atom. The molecule has 2 aromatic rings. The number of rotatable bonds is 8. The van der Waals surface area contributed by atoms with E-state index in [1.54, 1.807) is 11.3 Å². The highest BCUT2D eigenvalue weighted by molar-refractivity contribution is 7.89. The molecule has 0 aliphatic rings. The standard InChI is InChI=1S/C17H23N3O4S2/c1-12(16-6-5-9-25-16)18-11-17(21)19-14-10-13(7-8-15(14)24-4)26(22,23)20(2)3/h5-10,12,18H,11H2,1-4H3,(H,19,21)/t12-/m0/s1. The van der Waals surface area contributed by atoms with Crippen molar-refractivity contribution >= 4 is 33.0 Å². The van der Waals surface area contributed by atoms with Gasteiger partial charge in [-0.1, -0.05) is 6.07 Å². The Labute approximate surface area is 158 Å². The monoisotopic (exact) mass is 397 g/mol. The van der Waals surface area contributed by atoms with E-state index < -0.39 is 10.0 Å². The van der Waals surface area contributed by atoms with Crippen LogP contribution >= 0.6 is 11.3 Å². The number of anilines is 1. The second kappa shape index (κ2) is 8.63. The van der Waals surface area contributed by atoms with Crippen LogP contribution in [0.3, 0.4) is 0 Å². The quantitative estimate of drug-likeness (QED) is 0.714. The maximum atomic E-state index is 12.3. The first-order chi connectivity index (χ1) is 12.3. The third kappa shape index (κ3) is 4.82. The number of hydrogen-bond donors (Lipinski definition) is 2. The first kappa shape index (κ1) is 20.4.